The van der Waals surface area contributed by atoms with E-state index in [9.17, 15) is 0 Å². The maximum Gasteiger partial charge on any atom is 0.178 e. The number of pyridine rings is 1. The fourth-order valence-corrected chi connectivity index (χ4v) is 1.61. The van der Waals surface area contributed by atoms with Gasteiger partial charge in [-0.1, -0.05) is 20.8 Å². The van der Waals surface area contributed by atoms with Gasteiger partial charge in [0.25, 0.3) is 0 Å². The molecule has 2 aromatic rings. The molecule has 0 saturated carbocycles. The summed E-state index contributed by atoms with van der Waals surface area (Å²) in [6, 6.07) is 1.86. The van der Waals surface area contributed by atoms with Gasteiger partial charge in [-0.3, -0.25) is 0 Å². The quantitative estimate of drug-likeness (QED) is 0.771. The van der Waals surface area contributed by atoms with E-state index in [0.29, 0.717) is 0 Å². The molecule has 0 amide bonds. The number of nitrogens with zero attached hydrogens (tertiary/aromatic N) is 2. The first kappa shape index (κ1) is 11.1. The van der Waals surface area contributed by atoms with Gasteiger partial charge in [-0.2, -0.15) is 0 Å². The third-order valence-corrected chi connectivity index (χ3v) is 2.85. The van der Waals surface area contributed by atoms with Crippen LogP contribution in [0.5, 0.6) is 0 Å². The number of rotatable bonds is 1. The van der Waals surface area contributed by atoms with Crippen LogP contribution in [0.2, 0.25) is 0 Å². The molecule has 0 aliphatic carbocycles. The van der Waals surface area contributed by atoms with Crippen LogP contribution in [0.3, 0.4) is 0 Å². The van der Waals surface area contributed by atoms with E-state index in [1.165, 1.54) is 0 Å². The number of nitrogens with two attached hydrogens (primary N) is 1. The normalized spacial score (nSPS) is 14.3. The zero-order valence-corrected chi connectivity index (χ0v) is 10.2. The molecule has 4 nitrogen and oxygen atoms in total. The summed E-state index contributed by atoms with van der Waals surface area (Å²) in [5, 5.41) is 0. The van der Waals surface area contributed by atoms with E-state index in [2.05, 4.69) is 35.7 Å². The second kappa shape index (κ2) is 3.56. The number of aromatic nitrogens is 3. The number of imidazole rings is 1. The molecule has 0 fully saturated rings. The molecule has 4 heteroatoms. The van der Waals surface area contributed by atoms with Crippen molar-refractivity contribution in [3.05, 3.63) is 23.7 Å². The molecule has 2 rings (SSSR count). The number of aromatic amines is 1. The molecule has 2 aromatic heterocycles. The summed E-state index contributed by atoms with van der Waals surface area (Å²) >= 11 is 0. The van der Waals surface area contributed by atoms with E-state index in [4.69, 9.17) is 5.73 Å². The zero-order valence-electron chi connectivity index (χ0n) is 10.2. The Morgan fingerprint density at radius 1 is 1.38 bits per heavy atom. The fraction of sp³-hybridized carbons (Fsp3) is 0.500. The van der Waals surface area contributed by atoms with Gasteiger partial charge in [0.15, 0.2) is 5.65 Å². The van der Waals surface area contributed by atoms with Crippen LogP contribution in [0, 0.1) is 12.3 Å². The van der Waals surface area contributed by atoms with Crippen molar-refractivity contribution in [2.75, 3.05) is 0 Å². The molecule has 3 N–H and O–H groups in total. The lowest BCUT2D eigenvalue weighted by Gasteiger charge is -2.24. The van der Waals surface area contributed by atoms with E-state index in [0.717, 1.165) is 22.6 Å². The molecule has 86 valence electrons. The van der Waals surface area contributed by atoms with E-state index >= 15 is 0 Å². The smallest absolute Gasteiger partial charge is 0.178 e. The number of fused-ring (bicyclic) bond motifs is 1. The molecule has 0 spiro atoms. The molecule has 0 aromatic carbocycles. The van der Waals surface area contributed by atoms with Crippen molar-refractivity contribution in [1.82, 2.24) is 15.0 Å². The van der Waals surface area contributed by atoms with Crippen molar-refractivity contribution < 1.29 is 0 Å². The average molecular weight is 218 g/mol. The molecule has 1 atom stereocenters. The third kappa shape index (κ3) is 1.80. The Labute approximate surface area is 95.3 Å². The molecule has 1 unspecified atom stereocenters. The minimum absolute atomic E-state index is 0.0121. The van der Waals surface area contributed by atoms with Crippen molar-refractivity contribution >= 4 is 11.2 Å². The average Bonchev–Trinajstić information content (AvgIpc) is 2.60. The lowest BCUT2D eigenvalue weighted by molar-refractivity contribution is 0.317. The molecule has 0 radical (unpaired) electrons. The van der Waals surface area contributed by atoms with Crippen LogP contribution in [-0.2, 0) is 0 Å². The summed E-state index contributed by atoms with van der Waals surface area (Å²) in [7, 11) is 0. The minimum atomic E-state index is -0.110. The second-order valence-corrected chi connectivity index (χ2v) is 5.29. The monoisotopic (exact) mass is 218 g/mol. The largest absolute Gasteiger partial charge is 0.339 e. The van der Waals surface area contributed by atoms with Crippen LogP contribution in [0.15, 0.2) is 12.3 Å². The number of hydrogen-bond acceptors (Lipinski definition) is 3. The standard InChI is InChI=1S/C12H18N4/c1-7-5-6-14-10-8(7)15-11(16-10)9(13)12(2,3)4/h5-6,9H,13H2,1-4H3,(H,14,15,16). The Morgan fingerprint density at radius 2 is 2.06 bits per heavy atom. The van der Waals surface area contributed by atoms with Gasteiger partial charge in [0.2, 0.25) is 0 Å². The number of H-pyrrole nitrogens is 1. The Morgan fingerprint density at radius 3 is 2.62 bits per heavy atom. The highest BCUT2D eigenvalue weighted by atomic mass is 15.0. The zero-order chi connectivity index (χ0) is 11.9. The molecular formula is C12H18N4. The van der Waals surface area contributed by atoms with Gasteiger partial charge in [0.1, 0.15) is 5.82 Å². The number of aryl methyl sites for hydroxylation is 1. The van der Waals surface area contributed by atoms with Crippen LogP contribution < -0.4 is 5.73 Å². The maximum atomic E-state index is 6.16. The predicted octanol–water partition coefficient (Wildman–Crippen LogP) is 2.31. The molecule has 0 aliphatic heterocycles. The van der Waals surface area contributed by atoms with Gasteiger partial charge < -0.3 is 10.7 Å². The van der Waals surface area contributed by atoms with Gasteiger partial charge in [-0.15, -0.1) is 0 Å². The first-order valence-corrected chi connectivity index (χ1v) is 5.46. The second-order valence-electron chi connectivity index (χ2n) is 5.29. The van der Waals surface area contributed by atoms with E-state index in [1.807, 2.05) is 13.0 Å². The minimum Gasteiger partial charge on any atom is -0.339 e. The van der Waals surface area contributed by atoms with Crippen molar-refractivity contribution in [2.24, 2.45) is 11.1 Å². The topological polar surface area (TPSA) is 67.6 Å². The lowest BCUT2D eigenvalue weighted by atomic mass is 9.87. The summed E-state index contributed by atoms with van der Waals surface area (Å²) in [5.74, 6) is 0.810. The van der Waals surface area contributed by atoms with Crippen LogP contribution in [0.25, 0.3) is 11.2 Å². The summed E-state index contributed by atoms with van der Waals surface area (Å²) in [6.07, 6.45) is 1.77. The first-order chi connectivity index (χ1) is 7.39. The Kier molecular flexibility index (Phi) is 2.46. The van der Waals surface area contributed by atoms with Crippen LogP contribution in [0.4, 0.5) is 0 Å². The highest BCUT2D eigenvalue weighted by Gasteiger charge is 2.25. The van der Waals surface area contributed by atoms with Crippen molar-refractivity contribution in [3.63, 3.8) is 0 Å². The van der Waals surface area contributed by atoms with Crippen LogP contribution >= 0.6 is 0 Å². The Balaban J connectivity index is 2.52. The van der Waals surface area contributed by atoms with Crippen LogP contribution in [-0.4, -0.2) is 15.0 Å². The summed E-state index contributed by atoms with van der Waals surface area (Å²) in [5.41, 5.74) is 9.02. The van der Waals surface area contributed by atoms with Gasteiger partial charge in [0.05, 0.1) is 11.6 Å². The van der Waals surface area contributed by atoms with E-state index in [-0.39, 0.29) is 11.5 Å². The van der Waals surface area contributed by atoms with Crippen molar-refractivity contribution in [1.29, 1.82) is 0 Å². The van der Waals surface area contributed by atoms with E-state index < -0.39 is 0 Å². The van der Waals surface area contributed by atoms with Crippen molar-refractivity contribution in [3.8, 4) is 0 Å². The highest BCUT2D eigenvalue weighted by molar-refractivity contribution is 5.74. The third-order valence-electron chi connectivity index (χ3n) is 2.85. The molecule has 0 aliphatic rings. The molecule has 2 heterocycles. The maximum absolute atomic E-state index is 6.16. The van der Waals surface area contributed by atoms with E-state index in [1.54, 1.807) is 6.20 Å². The first-order valence-electron chi connectivity index (χ1n) is 5.46. The van der Waals surface area contributed by atoms with Gasteiger partial charge >= 0.3 is 0 Å². The number of nitrogens with one attached hydrogen (secondary N) is 1. The molecule has 0 bridgehead atoms. The highest BCUT2D eigenvalue weighted by Crippen LogP contribution is 2.29. The van der Waals surface area contributed by atoms with Crippen molar-refractivity contribution in [2.45, 2.75) is 33.7 Å². The SMILES string of the molecule is Cc1ccnc2nc(C(N)C(C)(C)C)[nH]c12. The Bertz CT molecular complexity index is 507. The molecule has 0 saturated heterocycles. The summed E-state index contributed by atoms with van der Waals surface area (Å²) in [4.78, 5) is 11.9. The van der Waals surface area contributed by atoms with Crippen LogP contribution in [0.1, 0.15) is 38.2 Å². The predicted molar refractivity (Wildman–Crippen MR) is 65.0 cm³/mol. The van der Waals surface area contributed by atoms with Gasteiger partial charge in [-0.05, 0) is 24.0 Å². The van der Waals surface area contributed by atoms with Gasteiger partial charge in [0, 0.05) is 6.20 Å². The Hall–Kier alpha value is -1.42. The lowest BCUT2D eigenvalue weighted by Crippen LogP contribution is -2.27. The number of hydrogen-bond donors (Lipinski definition) is 2. The molecular weight excluding hydrogens is 200 g/mol. The van der Waals surface area contributed by atoms with Gasteiger partial charge in [-0.25, -0.2) is 9.97 Å². The fourth-order valence-electron chi connectivity index (χ4n) is 1.61. The summed E-state index contributed by atoms with van der Waals surface area (Å²) in [6.45, 7) is 8.34. The molecule has 16 heavy (non-hydrogen) atoms. The summed E-state index contributed by atoms with van der Waals surface area (Å²) < 4.78 is 0.